The van der Waals surface area contributed by atoms with Crippen molar-refractivity contribution in [1.29, 1.82) is 0 Å². The molecule has 2 aliphatic heterocycles. The molecule has 0 bridgehead atoms. The Balaban J connectivity index is 1.98. The minimum Gasteiger partial charge on any atom is -0.480 e. The third-order valence-corrected chi connectivity index (χ3v) is 5.43. The summed E-state index contributed by atoms with van der Waals surface area (Å²) in [6, 6.07) is 15.3. The highest BCUT2D eigenvalue weighted by molar-refractivity contribution is 6.17. The number of anilines is 1. The van der Waals surface area contributed by atoms with E-state index in [1.54, 1.807) is 4.90 Å². The van der Waals surface area contributed by atoms with Crippen molar-refractivity contribution < 1.29 is 14.7 Å². The maximum atomic E-state index is 11.4. The number of aliphatic carboxylic acids is 1. The van der Waals surface area contributed by atoms with E-state index in [0.717, 1.165) is 33.8 Å². The summed E-state index contributed by atoms with van der Waals surface area (Å²) in [6.45, 7) is 2.07. The number of carbonyl (C=O) groups excluding carboxylic acids is 1. The first-order valence-electron chi connectivity index (χ1n) is 10.00. The number of nitrogens with zero attached hydrogens (tertiary/aromatic N) is 3. The van der Waals surface area contributed by atoms with Crippen LogP contribution in [0.25, 0.3) is 0 Å². The van der Waals surface area contributed by atoms with E-state index in [-0.39, 0.29) is 19.3 Å². The van der Waals surface area contributed by atoms with Crippen molar-refractivity contribution in [3.63, 3.8) is 0 Å². The first-order valence-corrected chi connectivity index (χ1v) is 10.00. The van der Waals surface area contributed by atoms with Crippen molar-refractivity contribution in [3.05, 3.63) is 76.7 Å². The predicted molar refractivity (Wildman–Crippen MR) is 118 cm³/mol. The smallest absolute Gasteiger partial charge is 0.323 e. The normalized spacial score (nSPS) is 17.3. The molecule has 0 saturated carbocycles. The van der Waals surface area contributed by atoms with Crippen LogP contribution in [0.15, 0.2) is 65.0 Å². The van der Waals surface area contributed by atoms with Crippen molar-refractivity contribution >= 4 is 23.8 Å². The van der Waals surface area contributed by atoms with Gasteiger partial charge < -0.3 is 20.2 Å². The van der Waals surface area contributed by atoms with Gasteiger partial charge in [-0.25, -0.2) is 0 Å². The van der Waals surface area contributed by atoms with E-state index in [4.69, 9.17) is 11.4 Å². The average Bonchev–Trinajstić information content (AvgIpc) is 3.05. The van der Waals surface area contributed by atoms with E-state index in [0.29, 0.717) is 18.7 Å². The fourth-order valence-corrected chi connectivity index (χ4v) is 4.11. The lowest BCUT2D eigenvalue weighted by Crippen LogP contribution is -2.35. The van der Waals surface area contributed by atoms with Gasteiger partial charge in [-0.1, -0.05) is 43.2 Å². The van der Waals surface area contributed by atoms with Crippen molar-refractivity contribution in [2.45, 2.75) is 19.4 Å². The molecule has 2 aromatic carbocycles. The Bertz CT molecular complexity index is 1130. The quantitative estimate of drug-likeness (QED) is 0.560. The minimum atomic E-state index is -0.979. The standard InChI is InChI=1S/C24H22N4O3/c1-3-16-10-11-20-18(12-16)22(17-8-6-5-7-9-17)26-19(4-2)23-24(25-14-29)27(13-21(30)31)15-28(20)23/h1,5-12,14,19H,4,13,15H2,2H3,(H,25,29)(H,30,31). The third kappa shape index (κ3) is 3.64. The van der Waals surface area contributed by atoms with E-state index in [1.807, 2.05) is 60.4 Å². The number of carboxylic acid groups (broad SMARTS) is 1. The predicted octanol–water partition coefficient (Wildman–Crippen LogP) is 2.38. The summed E-state index contributed by atoms with van der Waals surface area (Å²) in [6.07, 6.45) is 6.91. The molecule has 0 aromatic heterocycles. The molecule has 0 radical (unpaired) electrons. The number of amides is 1. The summed E-state index contributed by atoms with van der Waals surface area (Å²) in [5.41, 5.74) is 5.03. The van der Waals surface area contributed by atoms with Gasteiger partial charge in [-0.3, -0.25) is 14.6 Å². The lowest BCUT2D eigenvalue weighted by atomic mass is 9.98. The number of nitrogens with one attached hydrogen (secondary N) is 1. The molecule has 2 N–H and O–H groups in total. The number of carbonyl (C=O) groups is 2. The van der Waals surface area contributed by atoms with Crippen molar-refractivity contribution in [3.8, 4) is 12.3 Å². The van der Waals surface area contributed by atoms with E-state index < -0.39 is 5.97 Å². The Labute approximate surface area is 180 Å². The Morgan fingerprint density at radius 1 is 1.32 bits per heavy atom. The first kappa shape index (κ1) is 20.2. The van der Waals surface area contributed by atoms with Crippen LogP contribution < -0.4 is 10.2 Å². The molecular formula is C24H22N4O3. The molecule has 1 unspecified atom stereocenters. The lowest BCUT2D eigenvalue weighted by Gasteiger charge is -2.25. The molecule has 1 atom stereocenters. The molecule has 31 heavy (non-hydrogen) atoms. The minimum absolute atomic E-state index is 0.236. The molecule has 7 nitrogen and oxygen atoms in total. The van der Waals surface area contributed by atoms with Crippen molar-refractivity contribution in [2.75, 3.05) is 18.1 Å². The van der Waals surface area contributed by atoms with Crippen LogP contribution in [0.3, 0.4) is 0 Å². The maximum Gasteiger partial charge on any atom is 0.323 e. The number of carboxylic acids is 1. The number of fused-ring (bicyclic) bond motifs is 3. The van der Waals surface area contributed by atoms with Crippen molar-refractivity contribution in [2.24, 2.45) is 4.99 Å². The van der Waals surface area contributed by atoms with Crippen LogP contribution in [0.4, 0.5) is 5.69 Å². The van der Waals surface area contributed by atoms with Gasteiger partial charge in [0.2, 0.25) is 6.41 Å². The molecule has 0 saturated heterocycles. The second-order valence-electron chi connectivity index (χ2n) is 7.30. The summed E-state index contributed by atoms with van der Waals surface area (Å²) >= 11 is 0. The monoisotopic (exact) mass is 414 g/mol. The van der Waals surface area contributed by atoms with Gasteiger partial charge in [0.25, 0.3) is 0 Å². The van der Waals surface area contributed by atoms with Crippen LogP contribution in [-0.4, -0.2) is 47.4 Å². The number of terminal acetylenes is 1. The zero-order valence-corrected chi connectivity index (χ0v) is 17.1. The number of aliphatic imine (C=N–C) groups is 1. The van der Waals surface area contributed by atoms with Gasteiger partial charge in [0.1, 0.15) is 12.4 Å². The molecular weight excluding hydrogens is 392 g/mol. The molecule has 1 amide bonds. The number of hydrogen-bond acceptors (Lipinski definition) is 5. The Morgan fingerprint density at radius 3 is 2.74 bits per heavy atom. The van der Waals surface area contributed by atoms with Gasteiger partial charge in [0, 0.05) is 16.7 Å². The lowest BCUT2D eigenvalue weighted by molar-refractivity contribution is -0.137. The van der Waals surface area contributed by atoms with E-state index in [2.05, 4.69) is 11.2 Å². The maximum absolute atomic E-state index is 11.4. The van der Waals surface area contributed by atoms with Crippen molar-refractivity contribution in [1.82, 2.24) is 10.2 Å². The van der Waals surface area contributed by atoms with Gasteiger partial charge >= 0.3 is 5.97 Å². The van der Waals surface area contributed by atoms with Crippen LogP contribution in [0.5, 0.6) is 0 Å². The van der Waals surface area contributed by atoms with E-state index in [1.165, 1.54) is 0 Å². The Hall–Kier alpha value is -4.05. The topological polar surface area (TPSA) is 85.2 Å². The molecule has 2 heterocycles. The molecule has 0 aliphatic carbocycles. The number of benzene rings is 2. The van der Waals surface area contributed by atoms with Gasteiger partial charge in [-0.15, -0.1) is 6.42 Å². The molecule has 2 aromatic rings. The first-order chi connectivity index (χ1) is 15.1. The van der Waals surface area contributed by atoms with Gasteiger partial charge in [-0.2, -0.15) is 0 Å². The Morgan fingerprint density at radius 2 is 2.10 bits per heavy atom. The summed E-state index contributed by atoms with van der Waals surface area (Å²) in [5.74, 6) is 2.17. The van der Waals surface area contributed by atoms with Crippen LogP contribution >= 0.6 is 0 Å². The second kappa shape index (κ2) is 8.36. The molecule has 4 rings (SSSR count). The molecule has 0 fully saturated rings. The van der Waals surface area contributed by atoms with E-state index in [9.17, 15) is 14.7 Å². The highest BCUT2D eigenvalue weighted by Crippen LogP contribution is 2.39. The zero-order chi connectivity index (χ0) is 22.0. The average molecular weight is 414 g/mol. The SMILES string of the molecule is C#Cc1ccc2c(c1)C(c1ccccc1)=NC(CC)C1=C(NC=O)N(CC(=O)O)CN12. The van der Waals surface area contributed by atoms with Gasteiger partial charge in [0.05, 0.1) is 29.8 Å². The van der Waals surface area contributed by atoms with Gasteiger partial charge in [0.15, 0.2) is 0 Å². The van der Waals surface area contributed by atoms with Crippen LogP contribution in [-0.2, 0) is 9.59 Å². The molecule has 7 heteroatoms. The number of rotatable bonds is 6. The molecule has 2 aliphatic rings. The summed E-state index contributed by atoms with van der Waals surface area (Å²) in [7, 11) is 0. The highest BCUT2D eigenvalue weighted by atomic mass is 16.4. The molecule has 156 valence electrons. The number of hydrogen-bond donors (Lipinski definition) is 2. The van der Waals surface area contributed by atoms with Crippen LogP contribution in [0.2, 0.25) is 0 Å². The fourth-order valence-electron chi connectivity index (χ4n) is 4.11. The largest absolute Gasteiger partial charge is 0.480 e. The van der Waals surface area contributed by atoms with Crippen LogP contribution in [0, 0.1) is 12.3 Å². The fraction of sp³-hybridized carbons (Fsp3) is 0.208. The zero-order valence-electron chi connectivity index (χ0n) is 17.1. The summed E-state index contributed by atoms with van der Waals surface area (Å²) in [5, 5.41) is 12.1. The highest BCUT2D eigenvalue weighted by Gasteiger charge is 2.38. The van der Waals surface area contributed by atoms with E-state index >= 15 is 0 Å². The van der Waals surface area contributed by atoms with Gasteiger partial charge in [-0.05, 0) is 24.6 Å². The molecule has 0 spiro atoms. The second-order valence-corrected chi connectivity index (χ2v) is 7.30. The third-order valence-electron chi connectivity index (χ3n) is 5.43. The summed E-state index contributed by atoms with van der Waals surface area (Å²) in [4.78, 5) is 31.6. The summed E-state index contributed by atoms with van der Waals surface area (Å²) < 4.78 is 0. The Kier molecular flexibility index (Phi) is 5.46. The van der Waals surface area contributed by atoms with Crippen LogP contribution in [0.1, 0.15) is 30.0 Å².